The molecule has 2 aromatic rings. The maximum atomic E-state index is 5.57. The predicted octanol–water partition coefficient (Wildman–Crippen LogP) is 3.34. The summed E-state index contributed by atoms with van der Waals surface area (Å²) < 4.78 is 7.57. The standard InChI is InChI=1S/C18H23N3O/c1-13-11-21(12-20-13)17-7-6-15(10-18(17)22-3)9-16-5-4-8-19-14(16)2/h6-7,9-12,14,19H,4-5,8H2,1-3H3/b16-9+. The molecule has 0 aliphatic carbocycles. The average molecular weight is 297 g/mol. The Morgan fingerprint density at radius 3 is 2.95 bits per heavy atom. The van der Waals surface area contributed by atoms with Crippen LogP contribution in [0.25, 0.3) is 11.8 Å². The van der Waals surface area contributed by atoms with Crippen LogP contribution < -0.4 is 10.1 Å². The van der Waals surface area contributed by atoms with Crippen molar-refractivity contribution in [2.45, 2.75) is 32.7 Å². The van der Waals surface area contributed by atoms with Gasteiger partial charge in [-0.2, -0.15) is 0 Å². The number of aromatic nitrogens is 2. The summed E-state index contributed by atoms with van der Waals surface area (Å²) in [5, 5.41) is 3.51. The normalized spacial score (nSPS) is 20.3. The van der Waals surface area contributed by atoms with Crippen LogP contribution in [0.2, 0.25) is 0 Å². The van der Waals surface area contributed by atoms with Gasteiger partial charge >= 0.3 is 0 Å². The summed E-state index contributed by atoms with van der Waals surface area (Å²) >= 11 is 0. The minimum atomic E-state index is 0.454. The molecule has 0 spiro atoms. The van der Waals surface area contributed by atoms with E-state index in [4.69, 9.17) is 4.74 Å². The van der Waals surface area contributed by atoms with E-state index in [0.717, 1.165) is 23.7 Å². The molecule has 3 rings (SSSR count). The molecule has 1 aliphatic heterocycles. The molecule has 1 atom stereocenters. The quantitative estimate of drug-likeness (QED) is 0.944. The van der Waals surface area contributed by atoms with Crippen molar-refractivity contribution in [3.05, 3.63) is 47.6 Å². The fraction of sp³-hybridized carbons (Fsp3) is 0.389. The van der Waals surface area contributed by atoms with E-state index in [1.165, 1.54) is 24.0 Å². The molecule has 4 heteroatoms. The van der Waals surface area contributed by atoms with Gasteiger partial charge in [0.1, 0.15) is 5.75 Å². The second kappa shape index (κ2) is 6.36. The van der Waals surface area contributed by atoms with Crippen molar-refractivity contribution in [1.29, 1.82) is 0 Å². The molecule has 22 heavy (non-hydrogen) atoms. The first-order chi connectivity index (χ1) is 10.7. The van der Waals surface area contributed by atoms with Gasteiger partial charge in [-0.1, -0.05) is 17.7 Å². The number of piperidine rings is 1. The Morgan fingerprint density at radius 1 is 1.41 bits per heavy atom. The van der Waals surface area contributed by atoms with Crippen LogP contribution in [0.4, 0.5) is 0 Å². The van der Waals surface area contributed by atoms with Crippen molar-refractivity contribution in [2.24, 2.45) is 0 Å². The Morgan fingerprint density at radius 2 is 2.27 bits per heavy atom. The van der Waals surface area contributed by atoms with Crippen LogP contribution in [0.15, 0.2) is 36.3 Å². The summed E-state index contributed by atoms with van der Waals surface area (Å²) in [7, 11) is 1.71. The Balaban J connectivity index is 1.93. The number of ether oxygens (including phenoxy) is 1. The summed E-state index contributed by atoms with van der Waals surface area (Å²) in [4.78, 5) is 4.28. The number of methoxy groups -OCH3 is 1. The lowest BCUT2D eigenvalue weighted by Crippen LogP contribution is -2.33. The molecule has 1 aromatic carbocycles. The van der Waals surface area contributed by atoms with E-state index in [-0.39, 0.29) is 0 Å². The molecule has 1 aromatic heterocycles. The van der Waals surface area contributed by atoms with Crippen LogP contribution in [0.1, 0.15) is 31.0 Å². The first kappa shape index (κ1) is 14.9. The molecule has 2 heterocycles. The Bertz CT molecular complexity index is 687. The van der Waals surface area contributed by atoms with Gasteiger partial charge in [0, 0.05) is 12.2 Å². The molecule has 116 valence electrons. The highest BCUT2D eigenvalue weighted by atomic mass is 16.5. The second-order valence-electron chi connectivity index (χ2n) is 5.85. The van der Waals surface area contributed by atoms with Gasteiger partial charge in [0.25, 0.3) is 0 Å². The second-order valence-corrected chi connectivity index (χ2v) is 5.85. The van der Waals surface area contributed by atoms with E-state index in [1.807, 2.05) is 24.0 Å². The van der Waals surface area contributed by atoms with Gasteiger partial charge in [0.2, 0.25) is 0 Å². The van der Waals surface area contributed by atoms with Crippen LogP contribution in [-0.4, -0.2) is 29.2 Å². The number of aryl methyl sites for hydroxylation is 1. The minimum Gasteiger partial charge on any atom is -0.495 e. The summed E-state index contributed by atoms with van der Waals surface area (Å²) in [6, 6.07) is 6.78. The zero-order chi connectivity index (χ0) is 15.5. The molecular formula is C18H23N3O. The molecule has 0 amide bonds. The SMILES string of the molecule is COc1cc(/C=C2\CCCNC2C)ccc1-n1cnc(C)c1. The zero-order valence-corrected chi connectivity index (χ0v) is 13.5. The molecule has 1 N–H and O–H groups in total. The monoisotopic (exact) mass is 297 g/mol. The highest BCUT2D eigenvalue weighted by molar-refractivity contribution is 5.61. The third-order valence-corrected chi connectivity index (χ3v) is 4.19. The first-order valence-corrected chi connectivity index (χ1v) is 7.80. The van der Waals surface area contributed by atoms with E-state index in [1.54, 1.807) is 7.11 Å². The number of nitrogens with zero attached hydrogens (tertiary/aromatic N) is 2. The molecule has 1 aliphatic rings. The van der Waals surface area contributed by atoms with Crippen LogP contribution >= 0.6 is 0 Å². The lowest BCUT2D eigenvalue weighted by molar-refractivity contribution is 0.412. The molecule has 1 fully saturated rings. The van der Waals surface area contributed by atoms with Gasteiger partial charge in [-0.15, -0.1) is 0 Å². The van der Waals surface area contributed by atoms with Crippen molar-refractivity contribution in [3.63, 3.8) is 0 Å². The molecule has 1 unspecified atom stereocenters. The Hall–Kier alpha value is -2.07. The predicted molar refractivity (Wildman–Crippen MR) is 89.5 cm³/mol. The third-order valence-electron chi connectivity index (χ3n) is 4.19. The van der Waals surface area contributed by atoms with E-state index >= 15 is 0 Å². The van der Waals surface area contributed by atoms with Crippen LogP contribution in [0.5, 0.6) is 5.75 Å². The average Bonchev–Trinajstić information content (AvgIpc) is 2.96. The summed E-state index contributed by atoms with van der Waals surface area (Å²) in [6.45, 7) is 5.32. The van der Waals surface area contributed by atoms with Gasteiger partial charge in [0.15, 0.2) is 0 Å². The highest BCUT2D eigenvalue weighted by Crippen LogP contribution is 2.27. The molecule has 1 saturated heterocycles. The molecule has 0 radical (unpaired) electrons. The third kappa shape index (κ3) is 3.07. The molecule has 0 bridgehead atoms. The zero-order valence-electron chi connectivity index (χ0n) is 13.5. The van der Waals surface area contributed by atoms with E-state index in [2.05, 4.69) is 41.5 Å². The van der Waals surface area contributed by atoms with E-state index in [0.29, 0.717) is 6.04 Å². The number of rotatable bonds is 3. The van der Waals surface area contributed by atoms with E-state index < -0.39 is 0 Å². The van der Waals surface area contributed by atoms with Crippen molar-refractivity contribution in [2.75, 3.05) is 13.7 Å². The van der Waals surface area contributed by atoms with Gasteiger partial charge in [-0.05, 0) is 50.9 Å². The van der Waals surface area contributed by atoms with Crippen molar-refractivity contribution in [1.82, 2.24) is 14.9 Å². The van der Waals surface area contributed by atoms with Crippen LogP contribution in [0, 0.1) is 6.92 Å². The first-order valence-electron chi connectivity index (χ1n) is 7.80. The topological polar surface area (TPSA) is 39.1 Å². The lowest BCUT2D eigenvalue weighted by Gasteiger charge is -2.23. The summed E-state index contributed by atoms with van der Waals surface area (Å²) in [5.74, 6) is 0.864. The lowest BCUT2D eigenvalue weighted by atomic mass is 9.96. The number of imidazole rings is 1. The van der Waals surface area contributed by atoms with Gasteiger partial charge < -0.3 is 14.6 Å². The fourth-order valence-electron chi connectivity index (χ4n) is 2.92. The number of nitrogens with one attached hydrogen (secondary N) is 1. The van der Waals surface area contributed by atoms with Gasteiger partial charge in [-0.3, -0.25) is 0 Å². The van der Waals surface area contributed by atoms with Crippen LogP contribution in [-0.2, 0) is 0 Å². The van der Waals surface area contributed by atoms with Crippen LogP contribution in [0.3, 0.4) is 0 Å². The molecule has 4 nitrogen and oxygen atoms in total. The van der Waals surface area contributed by atoms with Gasteiger partial charge in [0.05, 0.1) is 24.8 Å². The minimum absolute atomic E-state index is 0.454. The van der Waals surface area contributed by atoms with Gasteiger partial charge in [-0.25, -0.2) is 4.98 Å². The van der Waals surface area contributed by atoms with Crippen molar-refractivity contribution >= 4 is 6.08 Å². The highest BCUT2D eigenvalue weighted by Gasteiger charge is 2.13. The maximum Gasteiger partial charge on any atom is 0.143 e. The van der Waals surface area contributed by atoms with Crippen molar-refractivity contribution < 1.29 is 4.74 Å². The Kier molecular flexibility index (Phi) is 4.29. The van der Waals surface area contributed by atoms with Crippen molar-refractivity contribution in [3.8, 4) is 11.4 Å². The summed E-state index contributed by atoms with van der Waals surface area (Å²) in [6.07, 6.45) is 8.47. The number of hydrogen-bond donors (Lipinski definition) is 1. The number of benzene rings is 1. The number of hydrogen-bond acceptors (Lipinski definition) is 3. The smallest absolute Gasteiger partial charge is 0.143 e. The summed E-state index contributed by atoms with van der Waals surface area (Å²) in [5.41, 5.74) is 4.65. The Labute approximate surface area is 131 Å². The fourth-order valence-corrected chi connectivity index (χ4v) is 2.92. The van der Waals surface area contributed by atoms with E-state index in [9.17, 15) is 0 Å². The molecular weight excluding hydrogens is 274 g/mol. The molecule has 0 saturated carbocycles. The maximum absolute atomic E-state index is 5.57. The largest absolute Gasteiger partial charge is 0.495 e.